The summed E-state index contributed by atoms with van der Waals surface area (Å²) in [7, 11) is 0. The fourth-order valence-corrected chi connectivity index (χ4v) is 4.83. The molecule has 0 aliphatic carbocycles. The van der Waals surface area contributed by atoms with Gasteiger partial charge in [0.25, 0.3) is 0 Å². The minimum absolute atomic E-state index is 0.0493. The average Bonchev–Trinajstić information content (AvgIpc) is 3.33. The number of hydrogen-bond acceptors (Lipinski definition) is 6. The number of benzene rings is 3. The van der Waals surface area contributed by atoms with E-state index in [1.165, 1.54) is 53.8 Å². The van der Waals surface area contributed by atoms with Gasteiger partial charge in [0.05, 0.1) is 0 Å². The molecule has 1 aliphatic heterocycles. The normalized spacial score (nSPS) is 26.1. The zero-order valence-corrected chi connectivity index (χ0v) is 18.6. The Morgan fingerprint density at radius 3 is 2.38 bits per heavy atom. The van der Waals surface area contributed by atoms with Crippen molar-refractivity contribution >= 4 is 27.2 Å². The molecule has 1 aromatic heterocycles. The number of ether oxygens (including phenoxy) is 1. The molecule has 0 radical (unpaired) electrons. The number of aromatic hydroxyl groups is 2. The molecule has 0 unspecified atom stereocenters. The standard InChI is InChI=1S/C28H27NO4S/c30-21-8-4-20(5-9-21)28-26(24-13-10-22(31)18-25(24)34-28)27(32)19-6-11-23(12-7-19)33-17-16-29-14-2-1-3-15-29/h4-13,18,30-31H,1-3,14-17H2/i1D2,2D2,3D2,14D2,15D2. The Morgan fingerprint density at radius 2 is 1.65 bits per heavy atom. The Labute approximate surface area is 216 Å². The molecule has 3 aromatic carbocycles. The molecule has 5 nitrogen and oxygen atoms in total. The van der Waals surface area contributed by atoms with Crippen molar-refractivity contribution in [2.24, 2.45) is 0 Å². The molecule has 1 fully saturated rings. The number of phenolic OH excluding ortho intramolecular Hbond substituents is 2. The van der Waals surface area contributed by atoms with Gasteiger partial charge in [-0.05, 0) is 98.0 Å². The highest BCUT2D eigenvalue weighted by atomic mass is 32.1. The maximum Gasteiger partial charge on any atom is 0.195 e. The largest absolute Gasteiger partial charge is 0.508 e. The highest BCUT2D eigenvalue weighted by molar-refractivity contribution is 7.22. The third-order valence-electron chi connectivity index (χ3n) is 5.24. The zero-order chi connectivity index (χ0) is 32.5. The zero-order valence-electron chi connectivity index (χ0n) is 27.8. The smallest absolute Gasteiger partial charge is 0.195 e. The molecular weight excluding hydrogens is 446 g/mol. The molecule has 1 saturated heterocycles. The number of thiophene rings is 1. The van der Waals surface area contributed by atoms with Crippen LogP contribution in [0.3, 0.4) is 0 Å². The van der Waals surface area contributed by atoms with Crippen LogP contribution in [-0.2, 0) is 0 Å². The molecule has 2 N–H and O–H groups in total. The van der Waals surface area contributed by atoms with Crippen molar-refractivity contribution in [3.63, 3.8) is 0 Å². The van der Waals surface area contributed by atoms with Crippen molar-refractivity contribution in [1.29, 1.82) is 0 Å². The van der Waals surface area contributed by atoms with Crippen LogP contribution in [0.1, 0.15) is 48.7 Å². The predicted molar refractivity (Wildman–Crippen MR) is 136 cm³/mol. The summed E-state index contributed by atoms with van der Waals surface area (Å²) in [5.74, 6) is 0.0277. The summed E-state index contributed by atoms with van der Waals surface area (Å²) in [6, 6.07) is 17.1. The number of likely N-dealkylation sites (tertiary alicyclic amines) is 1. The van der Waals surface area contributed by atoms with Gasteiger partial charge in [0.1, 0.15) is 23.9 Å². The second kappa shape index (κ2) is 9.87. The summed E-state index contributed by atoms with van der Waals surface area (Å²) in [5, 5.41) is 20.3. The van der Waals surface area contributed by atoms with Gasteiger partial charge in [-0.1, -0.05) is 6.37 Å². The van der Waals surface area contributed by atoms with Crippen molar-refractivity contribution in [3.05, 3.63) is 77.9 Å². The number of carbonyl (C=O) groups is 1. The van der Waals surface area contributed by atoms with E-state index in [1.807, 2.05) is 0 Å². The first-order valence-corrected chi connectivity index (χ1v) is 11.3. The van der Waals surface area contributed by atoms with Gasteiger partial charge in [0.2, 0.25) is 0 Å². The van der Waals surface area contributed by atoms with Crippen LogP contribution in [0.2, 0.25) is 0 Å². The molecule has 0 saturated carbocycles. The number of rotatable bonds is 7. The average molecular weight is 484 g/mol. The van der Waals surface area contributed by atoms with Gasteiger partial charge >= 0.3 is 0 Å². The van der Waals surface area contributed by atoms with Gasteiger partial charge in [-0.15, -0.1) is 11.3 Å². The van der Waals surface area contributed by atoms with Crippen LogP contribution in [0.5, 0.6) is 17.2 Å². The number of nitrogens with zero attached hydrogens (tertiary/aromatic N) is 1. The SMILES string of the molecule is [2H]C1([2H])N(CCOc2ccc(C(=O)c3c(-c4ccc(O)cc4)sc4cc(O)ccc34)cc2)C([2H])([2H])C([2H])([2H])C([2H])([2H])C1([2H])[2H]. The quantitative estimate of drug-likeness (QED) is 0.312. The van der Waals surface area contributed by atoms with E-state index < -0.39 is 45.3 Å². The summed E-state index contributed by atoms with van der Waals surface area (Å²) < 4.78 is 87.1. The molecule has 4 aromatic rings. The van der Waals surface area contributed by atoms with E-state index in [4.69, 9.17) is 18.4 Å². The van der Waals surface area contributed by atoms with Gasteiger partial charge in [-0.3, -0.25) is 9.69 Å². The Kier molecular flexibility index (Phi) is 3.92. The Balaban J connectivity index is 1.37. The van der Waals surface area contributed by atoms with Crippen molar-refractivity contribution in [2.75, 3.05) is 26.1 Å². The van der Waals surface area contributed by atoms with Gasteiger partial charge in [0.15, 0.2) is 5.78 Å². The molecule has 174 valence electrons. The third-order valence-corrected chi connectivity index (χ3v) is 6.44. The fraction of sp³-hybridized carbons (Fsp3) is 0.250. The van der Waals surface area contributed by atoms with E-state index in [0.29, 0.717) is 36.6 Å². The predicted octanol–water partition coefficient (Wildman–Crippen LogP) is 6.08. The molecule has 2 heterocycles. The van der Waals surface area contributed by atoms with Crippen LogP contribution in [-0.4, -0.2) is 47.0 Å². The lowest BCUT2D eigenvalue weighted by Gasteiger charge is -2.26. The number of ketones is 1. The van der Waals surface area contributed by atoms with Gasteiger partial charge in [-0.25, -0.2) is 0 Å². The molecule has 34 heavy (non-hydrogen) atoms. The minimum atomic E-state index is -3.48. The summed E-state index contributed by atoms with van der Waals surface area (Å²) in [6.45, 7) is -7.45. The highest BCUT2D eigenvalue weighted by Crippen LogP contribution is 2.41. The summed E-state index contributed by atoms with van der Waals surface area (Å²) in [6.07, 6.45) is -10.3. The molecular formula is C28H27NO4S. The number of piperidine rings is 1. The Hall–Kier alpha value is -3.35. The lowest BCUT2D eigenvalue weighted by Crippen LogP contribution is -2.33. The monoisotopic (exact) mass is 483 g/mol. The van der Waals surface area contributed by atoms with Crippen LogP contribution in [0, 0.1) is 0 Å². The first kappa shape index (κ1) is 13.5. The molecule has 0 spiro atoms. The van der Waals surface area contributed by atoms with Crippen LogP contribution in [0.15, 0.2) is 66.7 Å². The molecule has 0 bridgehead atoms. The second-order valence-electron chi connectivity index (χ2n) is 7.49. The maximum atomic E-state index is 13.8. The lowest BCUT2D eigenvalue weighted by molar-refractivity contribution is 0.104. The van der Waals surface area contributed by atoms with Crippen molar-refractivity contribution in [3.8, 4) is 27.7 Å². The topological polar surface area (TPSA) is 70.0 Å². The molecule has 0 amide bonds. The van der Waals surface area contributed by atoms with E-state index in [-0.39, 0.29) is 23.0 Å². The van der Waals surface area contributed by atoms with E-state index in [1.54, 1.807) is 24.3 Å². The number of phenols is 2. The minimum Gasteiger partial charge on any atom is -0.508 e. The molecule has 1 aliphatic rings. The first-order valence-electron chi connectivity index (χ1n) is 15.4. The second-order valence-corrected chi connectivity index (χ2v) is 8.54. The van der Waals surface area contributed by atoms with Crippen molar-refractivity contribution in [2.45, 2.75) is 19.1 Å². The summed E-state index contributed by atoms with van der Waals surface area (Å²) in [4.78, 5) is 14.7. The van der Waals surface area contributed by atoms with Crippen molar-refractivity contribution in [1.82, 2.24) is 4.90 Å². The van der Waals surface area contributed by atoms with E-state index in [2.05, 4.69) is 0 Å². The van der Waals surface area contributed by atoms with Crippen LogP contribution in [0.25, 0.3) is 20.5 Å². The Morgan fingerprint density at radius 1 is 0.941 bits per heavy atom. The van der Waals surface area contributed by atoms with Crippen LogP contribution in [0.4, 0.5) is 0 Å². The number of carbonyl (C=O) groups excluding carboxylic acids is 1. The Bertz CT molecular complexity index is 1690. The number of hydrogen-bond donors (Lipinski definition) is 2. The van der Waals surface area contributed by atoms with E-state index >= 15 is 0 Å². The van der Waals surface area contributed by atoms with Crippen LogP contribution < -0.4 is 4.74 Å². The number of fused-ring (bicyclic) bond motifs is 1. The molecule has 0 atom stereocenters. The molecule has 6 heteroatoms. The van der Waals surface area contributed by atoms with E-state index in [9.17, 15) is 15.0 Å². The van der Waals surface area contributed by atoms with Gasteiger partial charge in [0, 0.05) is 46.3 Å². The van der Waals surface area contributed by atoms with Gasteiger partial charge in [-0.2, -0.15) is 0 Å². The van der Waals surface area contributed by atoms with Gasteiger partial charge < -0.3 is 14.9 Å². The first-order chi connectivity index (χ1) is 20.3. The van der Waals surface area contributed by atoms with Crippen LogP contribution >= 0.6 is 11.3 Å². The third kappa shape index (κ3) is 4.79. The maximum absolute atomic E-state index is 13.8. The summed E-state index contributed by atoms with van der Waals surface area (Å²) in [5.41, 5.74) is 1.41. The highest BCUT2D eigenvalue weighted by Gasteiger charge is 2.22. The summed E-state index contributed by atoms with van der Waals surface area (Å²) >= 11 is 1.32. The van der Waals surface area contributed by atoms with E-state index in [0.717, 1.165) is 0 Å². The fourth-order valence-electron chi connectivity index (χ4n) is 3.59. The lowest BCUT2D eigenvalue weighted by atomic mass is 9.97. The van der Waals surface area contributed by atoms with Crippen molar-refractivity contribution < 1.29 is 33.5 Å². The molecule has 5 rings (SSSR count).